The highest BCUT2D eigenvalue weighted by molar-refractivity contribution is 8.03. The van der Waals surface area contributed by atoms with Crippen LogP contribution in [0.15, 0.2) is 10.8 Å². The van der Waals surface area contributed by atoms with Gasteiger partial charge < -0.3 is 14.6 Å². The van der Waals surface area contributed by atoms with Crippen molar-refractivity contribution in [3.63, 3.8) is 0 Å². The van der Waals surface area contributed by atoms with Crippen molar-refractivity contribution < 1.29 is 5.11 Å². The third-order valence-electron chi connectivity index (χ3n) is 3.27. The predicted octanol–water partition coefficient (Wildman–Crippen LogP) is 2.80. The van der Waals surface area contributed by atoms with Crippen LogP contribution in [-0.2, 0) is 13.6 Å². The molecule has 2 rings (SSSR count). The Morgan fingerprint density at radius 3 is 2.79 bits per heavy atom. The molecule has 0 amide bonds. The van der Waals surface area contributed by atoms with Crippen LogP contribution in [0.3, 0.4) is 0 Å². The maximum absolute atomic E-state index is 10.1. The molecule has 1 aromatic heterocycles. The topological polar surface area (TPSA) is 33.3 Å². The fourth-order valence-corrected chi connectivity index (χ4v) is 3.49. The first kappa shape index (κ1) is 14.3. The van der Waals surface area contributed by atoms with Crippen molar-refractivity contribution in [3.05, 3.63) is 21.2 Å². The molecule has 1 aliphatic rings. The lowest BCUT2D eigenvalue weighted by atomic mass is 10.4. The van der Waals surface area contributed by atoms with Gasteiger partial charge in [0.05, 0.1) is 0 Å². The zero-order valence-electron chi connectivity index (χ0n) is 11.5. The normalized spacial score (nSPS) is 14.9. The van der Waals surface area contributed by atoms with Gasteiger partial charge >= 0.3 is 0 Å². The van der Waals surface area contributed by atoms with Crippen LogP contribution in [-0.4, -0.2) is 38.0 Å². The van der Waals surface area contributed by atoms with Crippen molar-refractivity contribution in [1.29, 1.82) is 0 Å². The molecule has 1 N–H and O–H groups in total. The molecule has 0 radical (unpaired) electrons. The van der Waals surface area contributed by atoms with E-state index in [2.05, 4.69) is 17.6 Å². The van der Waals surface area contributed by atoms with Gasteiger partial charge in [-0.15, -0.1) is 0 Å². The second kappa shape index (κ2) is 5.90. The van der Waals surface area contributed by atoms with Crippen molar-refractivity contribution in [2.75, 3.05) is 18.8 Å². The first-order chi connectivity index (χ1) is 9.10. The molecule has 0 aliphatic carbocycles. The molecule has 0 spiro atoms. The van der Waals surface area contributed by atoms with Crippen LogP contribution in [0.25, 0.3) is 6.08 Å². The number of aromatic hydroxyl groups is 1. The Morgan fingerprint density at radius 2 is 2.16 bits per heavy atom. The number of imidazole rings is 1. The summed E-state index contributed by atoms with van der Waals surface area (Å²) in [6, 6.07) is 0. The van der Waals surface area contributed by atoms with Crippen LogP contribution in [0.5, 0.6) is 5.88 Å². The Labute approximate surface area is 123 Å². The minimum Gasteiger partial charge on any atom is -0.493 e. The summed E-state index contributed by atoms with van der Waals surface area (Å²) in [5.74, 6) is 1.30. The molecule has 0 bridgehead atoms. The zero-order chi connectivity index (χ0) is 14.0. The number of hydrogen-bond acceptors (Lipinski definition) is 4. The number of thioether (sulfide) groups is 1. The van der Waals surface area contributed by atoms with Crippen LogP contribution >= 0.6 is 24.0 Å². The third kappa shape index (κ3) is 2.61. The van der Waals surface area contributed by atoms with E-state index in [-0.39, 0.29) is 5.88 Å². The van der Waals surface area contributed by atoms with E-state index in [9.17, 15) is 5.11 Å². The smallest absolute Gasteiger partial charge is 0.218 e. The van der Waals surface area contributed by atoms with E-state index in [1.165, 1.54) is 0 Å². The van der Waals surface area contributed by atoms with Gasteiger partial charge in [0.1, 0.15) is 10.7 Å². The molecule has 0 atom stereocenters. The van der Waals surface area contributed by atoms with Crippen molar-refractivity contribution in [3.8, 4) is 5.88 Å². The molecule has 104 valence electrons. The van der Waals surface area contributed by atoms with Crippen LogP contribution in [0.1, 0.15) is 19.5 Å². The van der Waals surface area contributed by atoms with Gasteiger partial charge in [-0.3, -0.25) is 4.57 Å². The SMILES string of the molecule is CCN1CCSC1=C=Cc1c(O)n(C)c(=S)n1CC. The first-order valence-electron chi connectivity index (χ1n) is 6.43. The summed E-state index contributed by atoms with van der Waals surface area (Å²) in [7, 11) is 1.77. The Kier molecular flexibility index (Phi) is 4.45. The van der Waals surface area contributed by atoms with Crippen molar-refractivity contribution >= 4 is 30.1 Å². The van der Waals surface area contributed by atoms with E-state index < -0.39 is 0 Å². The molecule has 0 saturated carbocycles. The van der Waals surface area contributed by atoms with E-state index in [0.29, 0.717) is 4.77 Å². The molecule has 1 aliphatic heterocycles. The summed E-state index contributed by atoms with van der Waals surface area (Å²) in [6.45, 7) is 6.95. The number of aromatic nitrogens is 2. The molecule has 1 aromatic rings. The summed E-state index contributed by atoms with van der Waals surface area (Å²) in [5, 5.41) is 11.2. The number of hydrogen-bond donors (Lipinski definition) is 1. The van der Waals surface area contributed by atoms with E-state index in [4.69, 9.17) is 12.2 Å². The van der Waals surface area contributed by atoms with Crippen LogP contribution in [0.4, 0.5) is 0 Å². The van der Waals surface area contributed by atoms with Gasteiger partial charge in [0.15, 0.2) is 4.77 Å². The standard InChI is InChI=1S/C13H19N3OS2/c1-4-15-8-9-19-11(15)7-6-10-12(17)14(3)13(18)16(10)5-2/h6,17H,4-5,8-9H2,1-3H3. The molecule has 0 aromatic carbocycles. The van der Waals surface area contributed by atoms with Gasteiger partial charge in [-0.05, 0) is 26.1 Å². The van der Waals surface area contributed by atoms with Gasteiger partial charge in [-0.25, -0.2) is 0 Å². The fraction of sp³-hybridized carbons (Fsp3) is 0.538. The average molecular weight is 297 g/mol. The second-order valence-electron chi connectivity index (χ2n) is 4.32. The highest BCUT2D eigenvalue weighted by Gasteiger charge is 2.15. The van der Waals surface area contributed by atoms with E-state index >= 15 is 0 Å². The number of rotatable bonds is 3. The predicted molar refractivity (Wildman–Crippen MR) is 82.8 cm³/mol. The lowest BCUT2D eigenvalue weighted by Gasteiger charge is -2.13. The molecular formula is C13H19N3OS2. The Balaban J connectivity index is 2.47. The van der Waals surface area contributed by atoms with Gasteiger partial charge in [0, 0.05) is 38.5 Å². The van der Waals surface area contributed by atoms with Crippen molar-refractivity contribution in [2.24, 2.45) is 7.05 Å². The van der Waals surface area contributed by atoms with Crippen LogP contribution in [0.2, 0.25) is 0 Å². The van der Waals surface area contributed by atoms with E-state index in [1.54, 1.807) is 23.4 Å². The van der Waals surface area contributed by atoms with Gasteiger partial charge in [0.25, 0.3) is 0 Å². The molecule has 0 unspecified atom stereocenters. The lowest BCUT2D eigenvalue weighted by molar-refractivity contribution is 0.426. The largest absolute Gasteiger partial charge is 0.493 e. The zero-order valence-corrected chi connectivity index (χ0v) is 13.1. The Morgan fingerprint density at radius 1 is 1.42 bits per heavy atom. The summed E-state index contributed by atoms with van der Waals surface area (Å²) >= 11 is 7.09. The Bertz CT molecular complexity index is 594. The summed E-state index contributed by atoms with van der Waals surface area (Å²) in [6.07, 6.45) is 1.84. The second-order valence-corrected chi connectivity index (χ2v) is 5.77. The monoisotopic (exact) mass is 297 g/mol. The minimum absolute atomic E-state index is 0.200. The molecular weight excluding hydrogens is 278 g/mol. The highest BCUT2D eigenvalue weighted by Crippen LogP contribution is 2.27. The summed E-state index contributed by atoms with van der Waals surface area (Å²) in [5.41, 5.74) is 4.02. The maximum atomic E-state index is 10.1. The quantitative estimate of drug-likeness (QED) is 0.687. The third-order valence-corrected chi connectivity index (χ3v) is 4.80. The molecule has 6 heteroatoms. The van der Waals surface area contributed by atoms with Gasteiger partial charge in [-0.2, -0.15) is 0 Å². The minimum atomic E-state index is 0.200. The summed E-state index contributed by atoms with van der Waals surface area (Å²) < 4.78 is 4.16. The van der Waals surface area contributed by atoms with Gasteiger partial charge in [0.2, 0.25) is 5.88 Å². The maximum Gasteiger partial charge on any atom is 0.218 e. The van der Waals surface area contributed by atoms with Crippen molar-refractivity contribution in [1.82, 2.24) is 14.0 Å². The molecule has 19 heavy (non-hydrogen) atoms. The molecule has 1 saturated heterocycles. The van der Waals surface area contributed by atoms with Crippen molar-refractivity contribution in [2.45, 2.75) is 20.4 Å². The fourth-order valence-electron chi connectivity index (χ4n) is 2.13. The van der Waals surface area contributed by atoms with Gasteiger partial charge in [-0.1, -0.05) is 17.5 Å². The molecule has 4 nitrogen and oxygen atoms in total. The molecule has 1 fully saturated rings. The van der Waals surface area contributed by atoms with E-state index in [0.717, 1.165) is 36.1 Å². The highest BCUT2D eigenvalue weighted by atomic mass is 32.2. The van der Waals surface area contributed by atoms with Crippen LogP contribution < -0.4 is 0 Å². The Hall–Kier alpha value is -1.10. The average Bonchev–Trinajstić information content (AvgIpc) is 2.95. The first-order valence-corrected chi connectivity index (χ1v) is 7.82. The molecule has 2 heterocycles. The number of nitrogens with zero attached hydrogens (tertiary/aromatic N) is 3. The van der Waals surface area contributed by atoms with E-state index in [1.807, 2.05) is 17.6 Å². The van der Waals surface area contributed by atoms with Crippen LogP contribution in [0, 0.1) is 4.77 Å². The lowest BCUT2D eigenvalue weighted by Crippen LogP contribution is -2.16. The summed E-state index contributed by atoms with van der Waals surface area (Å²) in [4.78, 5) is 2.28.